The average Bonchev–Trinajstić information content (AvgIpc) is 2.30. The number of hydrogen-bond acceptors (Lipinski definition) is 1. The van der Waals surface area contributed by atoms with Crippen molar-refractivity contribution in [1.82, 2.24) is 0 Å². The van der Waals surface area contributed by atoms with Crippen LogP contribution in [0.5, 0.6) is 0 Å². The van der Waals surface area contributed by atoms with Gasteiger partial charge in [-0.05, 0) is 38.2 Å². The van der Waals surface area contributed by atoms with Crippen molar-refractivity contribution in [1.29, 1.82) is 0 Å². The molecule has 0 radical (unpaired) electrons. The monoisotopic (exact) mass is 204 g/mol. The van der Waals surface area contributed by atoms with Crippen LogP contribution in [0.15, 0.2) is 24.3 Å². The molecule has 1 heterocycles. The van der Waals surface area contributed by atoms with E-state index >= 15 is 0 Å². The Morgan fingerprint density at radius 1 is 1.20 bits per heavy atom. The maximum absolute atomic E-state index is 6.06. The zero-order valence-corrected chi connectivity index (χ0v) is 9.70. The summed E-state index contributed by atoms with van der Waals surface area (Å²) in [7, 11) is 0. The summed E-state index contributed by atoms with van der Waals surface area (Å²) in [6.45, 7) is 4.34. The van der Waals surface area contributed by atoms with Crippen LogP contribution in [-0.2, 0) is 4.74 Å². The summed E-state index contributed by atoms with van der Waals surface area (Å²) < 4.78 is 6.06. The summed E-state index contributed by atoms with van der Waals surface area (Å²) in [6, 6.07) is 8.76. The molecule has 1 heteroatoms. The molecule has 2 atom stereocenters. The van der Waals surface area contributed by atoms with Crippen LogP contribution in [0.3, 0.4) is 0 Å². The van der Waals surface area contributed by atoms with Crippen LogP contribution in [0.1, 0.15) is 49.8 Å². The van der Waals surface area contributed by atoms with E-state index in [0.717, 1.165) is 6.42 Å². The topological polar surface area (TPSA) is 9.23 Å². The van der Waals surface area contributed by atoms with Crippen molar-refractivity contribution in [3.8, 4) is 0 Å². The minimum atomic E-state index is 0.337. The number of ether oxygens (including phenoxy) is 1. The highest BCUT2D eigenvalue weighted by molar-refractivity contribution is 5.23. The van der Waals surface area contributed by atoms with Crippen molar-refractivity contribution in [2.45, 2.75) is 51.7 Å². The van der Waals surface area contributed by atoms with Gasteiger partial charge in [0.2, 0.25) is 0 Å². The van der Waals surface area contributed by atoms with E-state index in [2.05, 4.69) is 38.1 Å². The molecule has 1 nitrogen and oxygen atoms in total. The maximum Gasteiger partial charge on any atom is 0.0828 e. The molecule has 15 heavy (non-hydrogen) atoms. The molecule has 1 fully saturated rings. The van der Waals surface area contributed by atoms with E-state index in [1.807, 2.05) is 0 Å². The first-order valence-electron chi connectivity index (χ1n) is 6.01. The molecule has 2 rings (SSSR count). The number of rotatable bonds is 2. The van der Waals surface area contributed by atoms with Gasteiger partial charge in [-0.25, -0.2) is 0 Å². The summed E-state index contributed by atoms with van der Waals surface area (Å²) in [5.41, 5.74) is 2.67. The summed E-state index contributed by atoms with van der Waals surface area (Å²) in [5.74, 6) is 0. The average molecular weight is 204 g/mol. The van der Waals surface area contributed by atoms with Crippen LogP contribution in [0.2, 0.25) is 0 Å². The first-order valence-corrected chi connectivity index (χ1v) is 6.01. The van der Waals surface area contributed by atoms with Gasteiger partial charge in [0.1, 0.15) is 0 Å². The molecule has 0 aliphatic carbocycles. The van der Waals surface area contributed by atoms with Gasteiger partial charge in [-0.2, -0.15) is 0 Å². The van der Waals surface area contributed by atoms with Crippen LogP contribution in [0, 0.1) is 6.92 Å². The van der Waals surface area contributed by atoms with Gasteiger partial charge in [0.25, 0.3) is 0 Å². The smallest absolute Gasteiger partial charge is 0.0828 e. The van der Waals surface area contributed by atoms with Gasteiger partial charge in [0.15, 0.2) is 0 Å². The molecule has 1 aliphatic heterocycles. The molecule has 1 aliphatic rings. The van der Waals surface area contributed by atoms with Crippen LogP contribution >= 0.6 is 0 Å². The summed E-state index contributed by atoms with van der Waals surface area (Å²) in [4.78, 5) is 0. The largest absolute Gasteiger partial charge is 0.370 e. The third kappa shape index (κ3) is 2.60. The second-order valence-corrected chi connectivity index (χ2v) is 4.50. The van der Waals surface area contributed by atoms with Gasteiger partial charge < -0.3 is 4.74 Å². The minimum absolute atomic E-state index is 0.337. The fourth-order valence-corrected chi connectivity index (χ4v) is 2.23. The van der Waals surface area contributed by atoms with E-state index in [4.69, 9.17) is 4.74 Å². The first kappa shape index (κ1) is 10.7. The van der Waals surface area contributed by atoms with Crippen LogP contribution in [0.4, 0.5) is 0 Å². The van der Waals surface area contributed by atoms with Crippen LogP contribution in [-0.4, -0.2) is 6.10 Å². The second kappa shape index (κ2) is 4.80. The Hall–Kier alpha value is -0.820. The number of aryl methyl sites for hydroxylation is 1. The predicted molar refractivity (Wildman–Crippen MR) is 62.9 cm³/mol. The van der Waals surface area contributed by atoms with Crippen LogP contribution in [0.25, 0.3) is 0 Å². The molecule has 1 saturated heterocycles. The molecule has 0 amide bonds. The normalized spacial score (nSPS) is 26.5. The zero-order chi connectivity index (χ0) is 10.7. The third-order valence-electron chi connectivity index (χ3n) is 3.25. The molecule has 0 bridgehead atoms. The van der Waals surface area contributed by atoms with Crippen LogP contribution < -0.4 is 0 Å². The summed E-state index contributed by atoms with van der Waals surface area (Å²) in [5, 5.41) is 0. The molecule has 0 N–H and O–H groups in total. The van der Waals surface area contributed by atoms with Gasteiger partial charge in [-0.1, -0.05) is 36.8 Å². The molecule has 0 saturated carbocycles. The SMILES string of the molecule is CC[C@H]1CCC[C@@H](c2ccc(C)cc2)O1. The fourth-order valence-electron chi connectivity index (χ4n) is 2.23. The Morgan fingerprint density at radius 3 is 2.60 bits per heavy atom. The summed E-state index contributed by atoms with van der Waals surface area (Å²) >= 11 is 0. The van der Waals surface area contributed by atoms with Crippen molar-refractivity contribution in [3.05, 3.63) is 35.4 Å². The van der Waals surface area contributed by atoms with Gasteiger partial charge >= 0.3 is 0 Å². The highest BCUT2D eigenvalue weighted by atomic mass is 16.5. The zero-order valence-electron chi connectivity index (χ0n) is 9.70. The van der Waals surface area contributed by atoms with E-state index in [9.17, 15) is 0 Å². The van der Waals surface area contributed by atoms with E-state index in [0.29, 0.717) is 12.2 Å². The Morgan fingerprint density at radius 2 is 1.93 bits per heavy atom. The van der Waals surface area contributed by atoms with Crippen molar-refractivity contribution >= 4 is 0 Å². The standard InChI is InChI=1S/C14H20O/c1-3-13-5-4-6-14(15-13)12-9-7-11(2)8-10-12/h7-10,13-14H,3-6H2,1-2H3/t13-,14-/m0/s1. The predicted octanol–water partition coefficient (Wildman–Crippen LogP) is 4.02. The second-order valence-electron chi connectivity index (χ2n) is 4.50. The maximum atomic E-state index is 6.06. The lowest BCUT2D eigenvalue weighted by Crippen LogP contribution is -2.21. The van der Waals surface area contributed by atoms with Gasteiger partial charge in [0.05, 0.1) is 12.2 Å². The van der Waals surface area contributed by atoms with Crippen molar-refractivity contribution in [2.75, 3.05) is 0 Å². The fraction of sp³-hybridized carbons (Fsp3) is 0.571. The lowest BCUT2D eigenvalue weighted by Gasteiger charge is -2.29. The quantitative estimate of drug-likeness (QED) is 0.707. The highest BCUT2D eigenvalue weighted by Crippen LogP contribution is 2.32. The molecule has 0 unspecified atom stereocenters. The van der Waals surface area contributed by atoms with E-state index < -0.39 is 0 Å². The lowest BCUT2D eigenvalue weighted by atomic mass is 9.97. The molecular formula is C14H20O. The molecule has 82 valence electrons. The summed E-state index contributed by atoms with van der Waals surface area (Å²) in [6.07, 6.45) is 5.67. The Labute approximate surface area is 92.5 Å². The van der Waals surface area contributed by atoms with E-state index in [1.54, 1.807) is 0 Å². The van der Waals surface area contributed by atoms with E-state index in [1.165, 1.54) is 30.4 Å². The molecule has 0 spiro atoms. The van der Waals surface area contributed by atoms with E-state index in [-0.39, 0.29) is 0 Å². The molecular weight excluding hydrogens is 184 g/mol. The molecule has 1 aromatic carbocycles. The van der Waals surface area contributed by atoms with Crippen molar-refractivity contribution < 1.29 is 4.74 Å². The number of hydrogen-bond donors (Lipinski definition) is 0. The Balaban J connectivity index is 2.06. The van der Waals surface area contributed by atoms with Crippen molar-refractivity contribution in [2.24, 2.45) is 0 Å². The number of benzene rings is 1. The first-order chi connectivity index (χ1) is 7.29. The molecule has 1 aromatic rings. The third-order valence-corrected chi connectivity index (χ3v) is 3.25. The van der Waals surface area contributed by atoms with Gasteiger partial charge in [0, 0.05) is 0 Å². The minimum Gasteiger partial charge on any atom is -0.370 e. The van der Waals surface area contributed by atoms with Gasteiger partial charge in [-0.15, -0.1) is 0 Å². The van der Waals surface area contributed by atoms with Crippen molar-refractivity contribution in [3.63, 3.8) is 0 Å². The Kier molecular flexibility index (Phi) is 3.42. The molecule has 0 aromatic heterocycles. The lowest BCUT2D eigenvalue weighted by molar-refractivity contribution is -0.0525. The Bertz CT molecular complexity index is 302. The van der Waals surface area contributed by atoms with Gasteiger partial charge in [-0.3, -0.25) is 0 Å². The highest BCUT2D eigenvalue weighted by Gasteiger charge is 2.21.